The number of carbonyl (C=O) groups excluding carboxylic acids is 1. The number of benzene rings is 1. The van der Waals surface area contributed by atoms with Crippen LogP contribution in [0.2, 0.25) is 0 Å². The number of aryl methyl sites for hydroxylation is 1. The highest BCUT2D eigenvalue weighted by Crippen LogP contribution is 2.08. The van der Waals surface area contributed by atoms with Crippen LogP contribution in [0.1, 0.15) is 12.0 Å². The monoisotopic (exact) mass is 261 g/mol. The molecule has 7 heteroatoms. The molecule has 0 aliphatic heterocycles. The van der Waals surface area contributed by atoms with E-state index in [1.54, 1.807) is 12.1 Å². The molecule has 0 aliphatic rings. The molecule has 0 spiro atoms. The van der Waals surface area contributed by atoms with E-state index in [9.17, 15) is 13.2 Å². The molecule has 0 saturated heterocycles. The van der Waals surface area contributed by atoms with Gasteiger partial charge in [-0.15, -0.1) is 0 Å². The Morgan fingerprint density at radius 2 is 1.76 bits per heavy atom. The van der Waals surface area contributed by atoms with Crippen molar-refractivity contribution in [3.05, 3.63) is 29.8 Å². The van der Waals surface area contributed by atoms with Crippen molar-refractivity contribution in [2.75, 3.05) is 6.61 Å². The molecule has 0 bridgehead atoms. The van der Waals surface area contributed by atoms with E-state index in [2.05, 4.69) is 5.73 Å². The number of amides is 1. The van der Waals surface area contributed by atoms with Gasteiger partial charge in [0.25, 0.3) is 10.1 Å². The lowest BCUT2D eigenvalue weighted by atomic mass is 10.2. The number of carbonyl (C=O) groups is 1. The smallest absolute Gasteiger partial charge is 0.294 e. The zero-order chi connectivity index (χ0) is 13.5. The minimum absolute atomic E-state index is 0.0666. The summed E-state index contributed by atoms with van der Waals surface area (Å²) in [5.41, 5.74) is 5.56. The van der Waals surface area contributed by atoms with Crippen LogP contribution in [0.4, 0.5) is 0 Å². The Balaban J connectivity index is 0.000000366. The zero-order valence-electron chi connectivity index (χ0n) is 9.33. The van der Waals surface area contributed by atoms with Gasteiger partial charge in [0.15, 0.2) is 0 Å². The van der Waals surface area contributed by atoms with E-state index >= 15 is 0 Å². The number of nitrogens with two attached hydrogens (primary N) is 1. The Hall–Kier alpha value is -1.44. The molecule has 4 N–H and O–H groups in total. The minimum atomic E-state index is -4.02. The molecular weight excluding hydrogens is 246 g/mol. The van der Waals surface area contributed by atoms with Crippen LogP contribution in [0, 0.1) is 6.92 Å². The molecule has 0 heterocycles. The molecule has 1 aromatic carbocycles. The summed E-state index contributed by atoms with van der Waals surface area (Å²) >= 11 is 0. The fraction of sp³-hybridized carbons (Fsp3) is 0.300. The van der Waals surface area contributed by atoms with E-state index in [0.717, 1.165) is 5.56 Å². The van der Waals surface area contributed by atoms with Crippen molar-refractivity contribution in [1.82, 2.24) is 0 Å². The van der Waals surface area contributed by atoms with E-state index < -0.39 is 16.0 Å². The summed E-state index contributed by atoms with van der Waals surface area (Å²) in [6.07, 6.45) is 0.0694. The van der Waals surface area contributed by atoms with Crippen molar-refractivity contribution in [2.45, 2.75) is 18.2 Å². The molecule has 0 atom stereocenters. The van der Waals surface area contributed by atoms with Crippen molar-refractivity contribution < 1.29 is 22.9 Å². The first-order valence-electron chi connectivity index (χ1n) is 4.70. The Morgan fingerprint density at radius 3 is 2.00 bits per heavy atom. The molecule has 1 amide bonds. The van der Waals surface area contributed by atoms with Gasteiger partial charge in [0.2, 0.25) is 5.91 Å². The second-order valence-corrected chi connectivity index (χ2v) is 4.65. The third kappa shape index (κ3) is 7.45. The van der Waals surface area contributed by atoms with E-state index in [4.69, 9.17) is 9.66 Å². The van der Waals surface area contributed by atoms with Crippen molar-refractivity contribution in [3.8, 4) is 0 Å². The van der Waals surface area contributed by atoms with Gasteiger partial charge in [0, 0.05) is 6.42 Å². The Bertz CT molecular complexity index is 452. The van der Waals surface area contributed by atoms with Gasteiger partial charge in [-0.3, -0.25) is 9.35 Å². The summed E-state index contributed by atoms with van der Waals surface area (Å²) in [6.45, 7) is 1.70. The van der Waals surface area contributed by atoms with Crippen LogP contribution in [0.15, 0.2) is 29.2 Å². The number of primary amides is 1. The van der Waals surface area contributed by atoms with E-state index in [1.807, 2.05) is 6.92 Å². The van der Waals surface area contributed by atoms with Gasteiger partial charge in [0.1, 0.15) is 0 Å². The number of hydrogen-bond acceptors (Lipinski definition) is 4. The first-order valence-corrected chi connectivity index (χ1v) is 6.14. The van der Waals surface area contributed by atoms with E-state index in [-0.39, 0.29) is 17.9 Å². The summed E-state index contributed by atoms with van der Waals surface area (Å²) in [4.78, 5) is 9.59. The highest BCUT2D eigenvalue weighted by Gasteiger charge is 2.06. The van der Waals surface area contributed by atoms with Gasteiger partial charge in [-0.25, -0.2) is 0 Å². The second-order valence-electron chi connectivity index (χ2n) is 3.23. The molecule has 17 heavy (non-hydrogen) atoms. The maximum Gasteiger partial charge on any atom is 0.294 e. The minimum Gasteiger partial charge on any atom is -0.396 e. The lowest BCUT2D eigenvalue weighted by molar-refractivity contribution is -0.118. The van der Waals surface area contributed by atoms with Crippen LogP contribution in [0.3, 0.4) is 0 Å². The van der Waals surface area contributed by atoms with Crippen molar-refractivity contribution in [1.29, 1.82) is 0 Å². The van der Waals surface area contributed by atoms with Crippen molar-refractivity contribution in [3.63, 3.8) is 0 Å². The number of rotatable bonds is 3. The third-order valence-corrected chi connectivity index (χ3v) is 2.54. The van der Waals surface area contributed by atoms with Gasteiger partial charge in [-0.2, -0.15) is 8.42 Å². The van der Waals surface area contributed by atoms with Crippen LogP contribution in [0.5, 0.6) is 0 Å². The zero-order valence-corrected chi connectivity index (χ0v) is 10.1. The molecule has 96 valence electrons. The van der Waals surface area contributed by atoms with Crippen LogP contribution in [-0.4, -0.2) is 30.6 Å². The second kappa shape index (κ2) is 7.00. The maximum absolute atomic E-state index is 10.5. The molecular formula is C10H15NO5S. The summed E-state index contributed by atoms with van der Waals surface area (Å²) in [5, 5.41) is 7.94. The fourth-order valence-electron chi connectivity index (χ4n) is 0.820. The normalized spacial score (nSPS) is 10.3. The summed E-state index contributed by atoms with van der Waals surface area (Å²) in [6, 6.07) is 5.99. The average Bonchev–Trinajstić information content (AvgIpc) is 2.17. The number of hydrogen-bond donors (Lipinski definition) is 3. The SMILES string of the molecule is Cc1ccc(S(=O)(=O)O)cc1.NC(=O)CCO. The lowest BCUT2D eigenvalue weighted by Gasteiger charge is -1.95. The fourth-order valence-corrected chi connectivity index (χ4v) is 1.30. The highest BCUT2D eigenvalue weighted by molar-refractivity contribution is 7.85. The van der Waals surface area contributed by atoms with E-state index in [0.29, 0.717) is 0 Å². The predicted molar refractivity (Wildman–Crippen MR) is 61.9 cm³/mol. The molecule has 1 rings (SSSR count). The number of aliphatic hydroxyl groups excluding tert-OH is 1. The Kier molecular flexibility index (Phi) is 6.40. The van der Waals surface area contributed by atoms with Crippen LogP contribution >= 0.6 is 0 Å². The summed E-state index contributed by atoms with van der Waals surface area (Å²) in [7, 11) is -4.02. The van der Waals surface area contributed by atoms with Crippen molar-refractivity contribution >= 4 is 16.0 Å². The molecule has 0 saturated carbocycles. The summed E-state index contributed by atoms with van der Waals surface area (Å²) < 4.78 is 29.6. The standard InChI is InChI=1S/C7H8O3S.C3H7NO2/c1-6-2-4-7(5-3-6)11(8,9)10;4-3(6)1-2-5/h2-5H,1H3,(H,8,9,10);5H,1-2H2,(H2,4,6). The van der Waals surface area contributed by atoms with E-state index in [1.165, 1.54) is 12.1 Å². The van der Waals surface area contributed by atoms with Gasteiger partial charge in [0.05, 0.1) is 11.5 Å². The molecule has 0 aromatic heterocycles. The Morgan fingerprint density at radius 1 is 1.29 bits per heavy atom. The molecule has 1 aromatic rings. The van der Waals surface area contributed by atoms with Gasteiger partial charge in [-0.1, -0.05) is 17.7 Å². The molecule has 0 aliphatic carbocycles. The first kappa shape index (κ1) is 15.6. The molecule has 0 radical (unpaired) electrons. The molecule has 0 fully saturated rings. The maximum atomic E-state index is 10.5. The van der Waals surface area contributed by atoms with Crippen molar-refractivity contribution in [2.24, 2.45) is 5.73 Å². The highest BCUT2D eigenvalue weighted by atomic mass is 32.2. The van der Waals surface area contributed by atoms with Crippen LogP contribution in [0.25, 0.3) is 0 Å². The first-order chi connectivity index (χ1) is 7.77. The number of aliphatic hydroxyl groups is 1. The quantitative estimate of drug-likeness (QED) is 0.667. The van der Waals surface area contributed by atoms with Gasteiger partial charge < -0.3 is 10.8 Å². The lowest BCUT2D eigenvalue weighted by Crippen LogP contribution is -2.11. The van der Waals surface area contributed by atoms with Crippen LogP contribution < -0.4 is 5.73 Å². The summed E-state index contributed by atoms with van der Waals surface area (Å²) in [5.74, 6) is -0.461. The average molecular weight is 261 g/mol. The predicted octanol–water partition coefficient (Wildman–Crippen LogP) is 0.0958. The molecule has 6 nitrogen and oxygen atoms in total. The molecule has 0 unspecified atom stereocenters. The topological polar surface area (TPSA) is 118 Å². The van der Waals surface area contributed by atoms with Gasteiger partial charge >= 0.3 is 0 Å². The van der Waals surface area contributed by atoms with Gasteiger partial charge in [-0.05, 0) is 19.1 Å². The Labute approximate surface area is 99.8 Å². The third-order valence-electron chi connectivity index (χ3n) is 1.68. The van der Waals surface area contributed by atoms with Crippen LogP contribution in [-0.2, 0) is 14.9 Å². The largest absolute Gasteiger partial charge is 0.396 e.